The first-order valence-electron chi connectivity index (χ1n) is 21.7. The lowest BCUT2D eigenvalue weighted by atomic mass is 10.0. The van der Waals surface area contributed by atoms with E-state index >= 15 is 0 Å². The number of hydrogen-bond acceptors (Lipinski definition) is 3. The highest BCUT2D eigenvalue weighted by molar-refractivity contribution is 6.15. The highest BCUT2D eigenvalue weighted by atomic mass is 15.1. The Morgan fingerprint density at radius 1 is 0.266 bits per heavy atom. The highest BCUT2D eigenvalue weighted by Gasteiger charge is 2.22. The van der Waals surface area contributed by atoms with Crippen molar-refractivity contribution < 1.29 is 0 Å². The van der Waals surface area contributed by atoms with Crippen LogP contribution in [0.5, 0.6) is 0 Å². The largest absolute Gasteiger partial charge is 0.309 e. The zero-order chi connectivity index (χ0) is 42.1. The topological polar surface area (TPSA) is 48.5 Å². The summed E-state index contributed by atoms with van der Waals surface area (Å²) < 4.78 is 4.81. The van der Waals surface area contributed by atoms with Crippen molar-refractivity contribution in [2.75, 3.05) is 0 Å². The summed E-state index contributed by atoms with van der Waals surface area (Å²) in [6.07, 6.45) is 0. The van der Waals surface area contributed by atoms with Crippen LogP contribution in [0.15, 0.2) is 224 Å². The van der Waals surface area contributed by atoms with Crippen LogP contribution in [0.1, 0.15) is 0 Å². The lowest BCUT2D eigenvalue weighted by molar-refractivity contribution is 1.07. The zero-order valence-electron chi connectivity index (χ0n) is 34.6. The van der Waals surface area contributed by atoms with Crippen LogP contribution >= 0.6 is 0 Å². The van der Waals surface area contributed by atoms with Crippen molar-refractivity contribution in [3.63, 3.8) is 0 Å². The third-order valence-corrected chi connectivity index (χ3v) is 12.7. The standard InChI is InChI=1S/C59H37N5/c1-3-16-38(17-4-1)41-21-15-22-43(34-41)58-60-57(40-19-5-2-6-20-40)61-59(62-58)56-46-23-8-7-18-39(46)31-33-54(56)64-53-29-14-11-26-49(53)50-36-42-30-32-45(35-44(42)37-55(50)64)63-51-27-12-9-24-47(51)48-25-10-13-28-52(48)63/h1-37H. The summed E-state index contributed by atoms with van der Waals surface area (Å²) in [5.41, 5.74) is 11.8. The molecule has 0 radical (unpaired) electrons. The molecule has 0 fully saturated rings. The van der Waals surface area contributed by atoms with Gasteiger partial charge < -0.3 is 9.13 Å². The van der Waals surface area contributed by atoms with Gasteiger partial charge in [0.25, 0.3) is 0 Å². The first-order chi connectivity index (χ1) is 31.7. The van der Waals surface area contributed by atoms with Crippen LogP contribution in [0, 0.1) is 0 Å². The Labute approximate surface area is 368 Å². The van der Waals surface area contributed by atoms with Crippen molar-refractivity contribution in [3.8, 4) is 56.7 Å². The number of aromatic nitrogens is 5. The van der Waals surface area contributed by atoms with E-state index in [2.05, 4.69) is 209 Å². The zero-order valence-corrected chi connectivity index (χ0v) is 34.6. The number of rotatable bonds is 6. The third kappa shape index (κ3) is 5.75. The fourth-order valence-corrected chi connectivity index (χ4v) is 9.78. The van der Waals surface area contributed by atoms with Gasteiger partial charge in [0.1, 0.15) is 0 Å². The molecule has 3 heterocycles. The maximum atomic E-state index is 5.42. The average Bonchev–Trinajstić information content (AvgIpc) is 3.88. The van der Waals surface area contributed by atoms with E-state index in [-0.39, 0.29) is 0 Å². The molecule has 64 heavy (non-hydrogen) atoms. The second-order valence-electron chi connectivity index (χ2n) is 16.4. The number of benzene rings is 10. The van der Waals surface area contributed by atoms with Crippen molar-refractivity contribution in [1.82, 2.24) is 24.1 Å². The normalized spacial score (nSPS) is 11.8. The number of para-hydroxylation sites is 3. The van der Waals surface area contributed by atoms with Gasteiger partial charge in [0.2, 0.25) is 0 Å². The minimum absolute atomic E-state index is 0.612. The first-order valence-corrected chi connectivity index (χ1v) is 21.7. The Morgan fingerprint density at radius 3 is 1.52 bits per heavy atom. The molecule has 0 spiro atoms. The third-order valence-electron chi connectivity index (χ3n) is 12.7. The van der Waals surface area contributed by atoms with E-state index in [9.17, 15) is 0 Å². The first kappa shape index (κ1) is 36.0. The van der Waals surface area contributed by atoms with E-state index in [0.29, 0.717) is 17.5 Å². The van der Waals surface area contributed by atoms with Gasteiger partial charge in [0.15, 0.2) is 17.5 Å². The molecule has 0 atom stereocenters. The van der Waals surface area contributed by atoms with Gasteiger partial charge >= 0.3 is 0 Å². The van der Waals surface area contributed by atoms with Crippen molar-refractivity contribution in [2.24, 2.45) is 0 Å². The monoisotopic (exact) mass is 815 g/mol. The van der Waals surface area contributed by atoms with Gasteiger partial charge in [0.05, 0.1) is 33.3 Å². The molecule has 0 amide bonds. The summed E-state index contributed by atoms with van der Waals surface area (Å²) >= 11 is 0. The molecule has 13 rings (SSSR count). The fourth-order valence-electron chi connectivity index (χ4n) is 9.78. The van der Waals surface area contributed by atoms with Crippen molar-refractivity contribution in [2.45, 2.75) is 0 Å². The molecule has 13 aromatic rings. The molecule has 0 aliphatic carbocycles. The van der Waals surface area contributed by atoms with Crippen LogP contribution in [0.2, 0.25) is 0 Å². The molecule has 3 aromatic heterocycles. The molecular formula is C59H37N5. The summed E-state index contributed by atoms with van der Waals surface area (Å²) in [6.45, 7) is 0. The van der Waals surface area contributed by atoms with Crippen LogP contribution in [0.4, 0.5) is 0 Å². The quantitative estimate of drug-likeness (QED) is 0.168. The second kappa shape index (κ2) is 14.5. The smallest absolute Gasteiger partial charge is 0.166 e. The van der Waals surface area contributed by atoms with E-state index in [4.69, 9.17) is 15.0 Å². The van der Waals surface area contributed by atoms with Gasteiger partial charge in [-0.05, 0) is 87.3 Å². The summed E-state index contributed by atoms with van der Waals surface area (Å²) in [5.74, 6) is 1.85. The lowest BCUT2D eigenvalue weighted by Crippen LogP contribution is -2.04. The minimum atomic E-state index is 0.612. The van der Waals surface area contributed by atoms with E-state index in [1.807, 2.05) is 24.3 Å². The van der Waals surface area contributed by atoms with E-state index in [1.54, 1.807) is 0 Å². The molecule has 298 valence electrons. The Bertz CT molecular complexity index is 3900. The minimum Gasteiger partial charge on any atom is -0.309 e. The van der Waals surface area contributed by atoms with Gasteiger partial charge in [-0.2, -0.15) is 0 Å². The molecule has 0 unspecified atom stereocenters. The maximum absolute atomic E-state index is 5.42. The molecule has 5 heteroatoms. The summed E-state index contributed by atoms with van der Waals surface area (Å²) in [7, 11) is 0. The molecule has 0 saturated carbocycles. The SMILES string of the molecule is c1ccc(-c2cccc(-c3nc(-c4ccccc4)nc(-c4c(-n5c6ccccc6c6cc7ccc(-n8c9ccccc9c9ccccc98)cc7cc65)ccc5ccccc45)n3)c2)cc1. The molecule has 0 N–H and O–H groups in total. The average molecular weight is 816 g/mol. The molecule has 10 aromatic carbocycles. The van der Waals surface area contributed by atoms with Crippen LogP contribution in [0.3, 0.4) is 0 Å². The second-order valence-corrected chi connectivity index (χ2v) is 16.4. The Hall–Kier alpha value is -8.67. The maximum Gasteiger partial charge on any atom is 0.166 e. The predicted molar refractivity (Wildman–Crippen MR) is 265 cm³/mol. The van der Waals surface area contributed by atoms with Crippen molar-refractivity contribution in [3.05, 3.63) is 224 Å². The van der Waals surface area contributed by atoms with Crippen LogP contribution in [0.25, 0.3) is 122 Å². The Kier molecular flexibility index (Phi) is 8.15. The summed E-state index contributed by atoms with van der Waals surface area (Å²) in [6, 6.07) is 79.9. The van der Waals surface area contributed by atoms with Crippen LogP contribution in [-0.4, -0.2) is 24.1 Å². The summed E-state index contributed by atoms with van der Waals surface area (Å²) in [5, 5.41) is 9.38. The van der Waals surface area contributed by atoms with Gasteiger partial charge in [-0.1, -0.05) is 170 Å². The van der Waals surface area contributed by atoms with Gasteiger partial charge in [-0.15, -0.1) is 0 Å². The van der Waals surface area contributed by atoms with E-state index < -0.39 is 0 Å². The molecule has 5 nitrogen and oxygen atoms in total. The molecule has 0 bridgehead atoms. The number of fused-ring (bicyclic) bond motifs is 8. The van der Waals surface area contributed by atoms with Gasteiger partial charge in [-0.3, -0.25) is 0 Å². The van der Waals surface area contributed by atoms with Crippen molar-refractivity contribution in [1.29, 1.82) is 0 Å². The van der Waals surface area contributed by atoms with Crippen molar-refractivity contribution >= 4 is 65.2 Å². The van der Waals surface area contributed by atoms with Gasteiger partial charge in [0, 0.05) is 38.4 Å². The fraction of sp³-hybridized carbons (Fsp3) is 0. The molecular weight excluding hydrogens is 779 g/mol. The molecule has 0 aliphatic rings. The number of nitrogens with zero attached hydrogens (tertiary/aromatic N) is 5. The molecule has 0 saturated heterocycles. The summed E-state index contributed by atoms with van der Waals surface area (Å²) in [4.78, 5) is 16.0. The number of hydrogen-bond donors (Lipinski definition) is 0. The molecule has 0 aliphatic heterocycles. The Balaban J connectivity index is 1.08. The van der Waals surface area contributed by atoms with Crippen LogP contribution in [-0.2, 0) is 0 Å². The highest BCUT2D eigenvalue weighted by Crippen LogP contribution is 2.42. The predicted octanol–water partition coefficient (Wildman–Crippen LogP) is 15.0. The van der Waals surface area contributed by atoms with E-state index in [0.717, 1.165) is 66.4 Å². The van der Waals surface area contributed by atoms with E-state index in [1.165, 1.54) is 38.0 Å². The lowest BCUT2D eigenvalue weighted by Gasteiger charge is -2.17. The van der Waals surface area contributed by atoms with Crippen LogP contribution < -0.4 is 0 Å². The van der Waals surface area contributed by atoms with Gasteiger partial charge in [-0.25, -0.2) is 15.0 Å². The Morgan fingerprint density at radius 2 is 0.797 bits per heavy atom.